The predicted molar refractivity (Wildman–Crippen MR) is 339 cm³/mol. The fourth-order valence-corrected chi connectivity index (χ4v) is 10.1. The summed E-state index contributed by atoms with van der Waals surface area (Å²) in [6.45, 7) is 6.52. The number of allylic oxidation sites excluding steroid dienone is 10. The summed E-state index contributed by atoms with van der Waals surface area (Å²) >= 11 is 0. The summed E-state index contributed by atoms with van der Waals surface area (Å²) in [5, 5.41) is 0. The van der Waals surface area contributed by atoms with Gasteiger partial charge in [-0.2, -0.15) is 0 Å². The standard InChI is InChI=1S/C72H130O6/c1-4-7-10-13-16-19-22-25-27-29-30-31-32-33-34-35-36-37-38-39-40-41-42-43-45-47-50-53-56-59-62-65-71(74)77-68-69(67-76-70(73)64-61-58-55-52-49-46-24-21-18-15-12-9-6-3)78-72(75)66-63-60-57-54-51-48-44-28-26-23-20-17-14-11-8-5-2/h9,12,18,20-21,23,28,44,46,49,69H,4-8,10-11,13-17,19,22,24-27,29-43,45,47-48,50-68H2,1-3H3/b12-9-,21-18-,23-20-,44-28-,49-46-. The molecule has 0 aliphatic heterocycles. The van der Waals surface area contributed by atoms with Crippen LogP contribution in [0.3, 0.4) is 0 Å². The van der Waals surface area contributed by atoms with E-state index in [1.807, 2.05) is 0 Å². The Bertz CT molecular complexity index is 1390. The third kappa shape index (κ3) is 63.9. The highest BCUT2D eigenvalue weighted by molar-refractivity contribution is 5.71. The van der Waals surface area contributed by atoms with Gasteiger partial charge in [0, 0.05) is 19.3 Å². The van der Waals surface area contributed by atoms with Crippen molar-refractivity contribution in [1.82, 2.24) is 0 Å². The lowest BCUT2D eigenvalue weighted by Crippen LogP contribution is -2.30. The predicted octanol–water partition coefficient (Wildman–Crippen LogP) is 23.5. The Kier molecular flexibility index (Phi) is 64.2. The minimum absolute atomic E-state index is 0.0866. The van der Waals surface area contributed by atoms with Gasteiger partial charge < -0.3 is 14.2 Å². The van der Waals surface area contributed by atoms with Crippen molar-refractivity contribution < 1.29 is 28.6 Å². The Morgan fingerprint density at radius 3 is 0.808 bits per heavy atom. The van der Waals surface area contributed by atoms with E-state index >= 15 is 0 Å². The molecule has 1 unspecified atom stereocenters. The van der Waals surface area contributed by atoms with E-state index in [1.165, 1.54) is 212 Å². The van der Waals surface area contributed by atoms with Crippen LogP contribution in [0.1, 0.15) is 361 Å². The molecule has 0 aliphatic rings. The van der Waals surface area contributed by atoms with Gasteiger partial charge in [-0.1, -0.05) is 319 Å². The van der Waals surface area contributed by atoms with Gasteiger partial charge in [-0.25, -0.2) is 0 Å². The van der Waals surface area contributed by atoms with Crippen molar-refractivity contribution in [3.63, 3.8) is 0 Å². The van der Waals surface area contributed by atoms with Crippen molar-refractivity contribution >= 4 is 17.9 Å². The molecule has 0 rings (SSSR count). The number of ether oxygens (including phenoxy) is 3. The summed E-state index contributed by atoms with van der Waals surface area (Å²) in [5.41, 5.74) is 0. The van der Waals surface area contributed by atoms with Crippen LogP contribution in [0, 0.1) is 0 Å². The van der Waals surface area contributed by atoms with E-state index in [-0.39, 0.29) is 31.1 Å². The Balaban J connectivity index is 4.15. The summed E-state index contributed by atoms with van der Waals surface area (Å²) in [7, 11) is 0. The van der Waals surface area contributed by atoms with E-state index in [2.05, 4.69) is 81.5 Å². The van der Waals surface area contributed by atoms with Gasteiger partial charge >= 0.3 is 17.9 Å². The second-order valence-corrected chi connectivity index (χ2v) is 23.1. The number of hydrogen-bond acceptors (Lipinski definition) is 6. The second kappa shape index (κ2) is 66.6. The first kappa shape index (κ1) is 75.1. The summed E-state index contributed by atoms with van der Waals surface area (Å²) in [4.78, 5) is 38.3. The highest BCUT2D eigenvalue weighted by Crippen LogP contribution is 2.18. The van der Waals surface area contributed by atoms with Crippen LogP contribution in [0.5, 0.6) is 0 Å². The van der Waals surface area contributed by atoms with Crippen molar-refractivity contribution in [1.29, 1.82) is 0 Å². The average molecular weight is 1090 g/mol. The molecule has 0 aromatic carbocycles. The first-order chi connectivity index (χ1) is 38.5. The minimum Gasteiger partial charge on any atom is -0.462 e. The number of esters is 3. The number of unbranched alkanes of at least 4 members (excludes halogenated alkanes) is 42. The number of rotatable bonds is 63. The molecule has 0 amide bonds. The number of hydrogen-bond donors (Lipinski definition) is 0. The molecule has 0 fully saturated rings. The lowest BCUT2D eigenvalue weighted by molar-refractivity contribution is -0.167. The largest absolute Gasteiger partial charge is 0.462 e. The molecule has 0 saturated heterocycles. The average Bonchev–Trinajstić information content (AvgIpc) is 3.44. The van der Waals surface area contributed by atoms with Crippen molar-refractivity contribution in [2.75, 3.05) is 13.2 Å². The van der Waals surface area contributed by atoms with Crippen LogP contribution in [0.2, 0.25) is 0 Å². The van der Waals surface area contributed by atoms with Gasteiger partial charge in [0.2, 0.25) is 0 Å². The summed E-state index contributed by atoms with van der Waals surface area (Å²) in [6.07, 6.45) is 85.6. The topological polar surface area (TPSA) is 78.9 Å². The smallest absolute Gasteiger partial charge is 0.306 e. The van der Waals surface area contributed by atoms with Crippen molar-refractivity contribution in [2.45, 2.75) is 367 Å². The Labute approximate surface area is 485 Å². The van der Waals surface area contributed by atoms with Crippen LogP contribution in [0.15, 0.2) is 60.8 Å². The first-order valence-corrected chi connectivity index (χ1v) is 34.3. The fourth-order valence-electron chi connectivity index (χ4n) is 10.1. The lowest BCUT2D eigenvalue weighted by Gasteiger charge is -2.18. The molecule has 0 N–H and O–H groups in total. The monoisotopic (exact) mass is 1090 g/mol. The maximum absolute atomic E-state index is 12.9. The molecule has 0 saturated carbocycles. The molecule has 0 aliphatic carbocycles. The molecule has 78 heavy (non-hydrogen) atoms. The maximum Gasteiger partial charge on any atom is 0.306 e. The third-order valence-electron chi connectivity index (χ3n) is 15.3. The molecule has 0 bridgehead atoms. The van der Waals surface area contributed by atoms with Gasteiger partial charge in [-0.15, -0.1) is 0 Å². The zero-order valence-electron chi connectivity index (χ0n) is 52.2. The van der Waals surface area contributed by atoms with E-state index in [1.54, 1.807) is 0 Å². The molecule has 0 spiro atoms. The van der Waals surface area contributed by atoms with Gasteiger partial charge in [0.05, 0.1) is 0 Å². The van der Waals surface area contributed by atoms with Gasteiger partial charge in [0.15, 0.2) is 6.10 Å². The molecule has 454 valence electrons. The van der Waals surface area contributed by atoms with Gasteiger partial charge in [0.1, 0.15) is 13.2 Å². The number of carbonyl (C=O) groups is 3. The lowest BCUT2D eigenvalue weighted by atomic mass is 10.0. The zero-order chi connectivity index (χ0) is 56.4. The molecule has 6 heteroatoms. The highest BCUT2D eigenvalue weighted by atomic mass is 16.6. The summed E-state index contributed by atoms with van der Waals surface area (Å²) in [5.74, 6) is -0.914. The SMILES string of the molecule is CC/C=C\C/C=C\C/C=C\CCCCCC(=O)OCC(COC(=O)CCCCCCCCCCCCCCCCCCCCCCCCCCCCCCCCC)OC(=O)CCCCCCC/C=C\C/C=C\CCCCCC. The zero-order valence-corrected chi connectivity index (χ0v) is 52.2. The minimum atomic E-state index is -0.793. The van der Waals surface area contributed by atoms with Gasteiger partial charge in [-0.05, 0) is 83.5 Å². The van der Waals surface area contributed by atoms with E-state index in [4.69, 9.17) is 14.2 Å². The van der Waals surface area contributed by atoms with Crippen LogP contribution < -0.4 is 0 Å². The van der Waals surface area contributed by atoms with Crippen molar-refractivity contribution in [3.05, 3.63) is 60.8 Å². The molecule has 6 nitrogen and oxygen atoms in total. The van der Waals surface area contributed by atoms with Crippen LogP contribution in [-0.2, 0) is 28.6 Å². The second-order valence-electron chi connectivity index (χ2n) is 23.1. The summed E-state index contributed by atoms with van der Waals surface area (Å²) < 4.78 is 16.9. The fraction of sp³-hybridized carbons (Fsp3) is 0.819. The van der Waals surface area contributed by atoms with Crippen molar-refractivity contribution in [3.8, 4) is 0 Å². The molecule has 1 atom stereocenters. The van der Waals surface area contributed by atoms with E-state index in [9.17, 15) is 14.4 Å². The van der Waals surface area contributed by atoms with E-state index in [0.717, 1.165) is 109 Å². The Hall–Kier alpha value is -2.89. The molecule has 0 aromatic heterocycles. The van der Waals surface area contributed by atoms with Crippen LogP contribution >= 0.6 is 0 Å². The van der Waals surface area contributed by atoms with Crippen LogP contribution in [-0.4, -0.2) is 37.2 Å². The van der Waals surface area contributed by atoms with Crippen LogP contribution in [0.25, 0.3) is 0 Å². The Morgan fingerprint density at radius 2 is 0.500 bits per heavy atom. The molecular weight excluding hydrogens is 961 g/mol. The number of carbonyl (C=O) groups excluding carboxylic acids is 3. The van der Waals surface area contributed by atoms with E-state index < -0.39 is 6.10 Å². The Morgan fingerprint density at radius 1 is 0.269 bits per heavy atom. The molecular formula is C72H130O6. The summed E-state index contributed by atoms with van der Waals surface area (Å²) in [6, 6.07) is 0. The van der Waals surface area contributed by atoms with Gasteiger partial charge in [-0.3, -0.25) is 14.4 Å². The normalized spacial score (nSPS) is 12.4. The van der Waals surface area contributed by atoms with E-state index in [0.29, 0.717) is 19.3 Å². The quantitative estimate of drug-likeness (QED) is 0.0261. The third-order valence-corrected chi connectivity index (χ3v) is 15.3. The van der Waals surface area contributed by atoms with Crippen LogP contribution in [0.4, 0.5) is 0 Å². The highest BCUT2D eigenvalue weighted by Gasteiger charge is 2.19. The molecule has 0 heterocycles. The first-order valence-electron chi connectivity index (χ1n) is 34.3. The van der Waals surface area contributed by atoms with Crippen molar-refractivity contribution in [2.24, 2.45) is 0 Å². The maximum atomic E-state index is 12.9. The van der Waals surface area contributed by atoms with Gasteiger partial charge in [0.25, 0.3) is 0 Å². The molecule has 0 aromatic rings. The molecule has 0 radical (unpaired) electrons.